The zero-order valence-electron chi connectivity index (χ0n) is 13.4. The molecule has 5 nitrogen and oxygen atoms in total. The number of anilines is 1. The van der Waals surface area contributed by atoms with E-state index in [1.54, 1.807) is 9.80 Å². The van der Waals surface area contributed by atoms with E-state index in [0.717, 1.165) is 34.8 Å². The van der Waals surface area contributed by atoms with Gasteiger partial charge >= 0.3 is 6.03 Å². The number of carbonyl (C=O) groups excluding carboxylic acids is 1. The molecule has 6 heteroatoms. The summed E-state index contributed by atoms with van der Waals surface area (Å²) in [5.74, 6) is 2.56. The Balaban J connectivity index is 2.30. The summed E-state index contributed by atoms with van der Waals surface area (Å²) < 4.78 is 4.45. The van der Waals surface area contributed by atoms with E-state index in [4.69, 9.17) is 6.42 Å². The number of carbonyl (C=O) groups is 1. The largest absolute Gasteiger partial charge is 0.328 e. The lowest BCUT2D eigenvalue weighted by molar-refractivity contribution is 0.130. The topological polar surface area (TPSA) is 39.7 Å². The minimum absolute atomic E-state index is 0.0506. The third-order valence-electron chi connectivity index (χ3n) is 3.57. The van der Waals surface area contributed by atoms with Gasteiger partial charge in [-0.3, -0.25) is 9.80 Å². The van der Waals surface area contributed by atoms with Crippen LogP contribution in [0.25, 0.3) is 0 Å². The number of aryl methyl sites for hydroxylation is 1. The Labute approximate surface area is 136 Å². The molecular formula is C16H22N4OS. The molecule has 2 amide bonds. The van der Waals surface area contributed by atoms with Gasteiger partial charge in [0.15, 0.2) is 0 Å². The van der Waals surface area contributed by atoms with Crippen LogP contribution in [0.3, 0.4) is 0 Å². The molecule has 0 aromatic carbocycles. The van der Waals surface area contributed by atoms with Gasteiger partial charge in [0.1, 0.15) is 5.00 Å². The SMILES string of the molecule is C#CCN1CN(CC(=C)C)CN(c2snc(CC)c2C)C1=O. The van der Waals surface area contributed by atoms with Crippen LogP contribution < -0.4 is 4.90 Å². The lowest BCUT2D eigenvalue weighted by atomic mass is 10.2. The first-order chi connectivity index (χ1) is 10.5. The summed E-state index contributed by atoms with van der Waals surface area (Å²) >= 11 is 1.38. The summed E-state index contributed by atoms with van der Waals surface area (Å²) in [4.78, 5) is 18.3. The van der Waals surface area contributed by atoms with Crippen molar-refractivity contribution < 1.29 is 4.79 Å². The third kappa shape index (κ3) is 3.32. The minimum atomic E-state index is -0.0506. The van der Waals surface area contributed by atoms with Crippen LogP contribution in [0.4, 0.5) is 9.80 Å². The predicted molar refractivity (Wildman–Crippen MR) is 90.9 cm³/mol. The highest BCUT2D eigenvalue weighted by Gasteiger charge is 2.32. The monoisotopic (exact) mass is 318 g/mol. The molecule has 2 heterocycles. The molecule has 1 aliphatic rings. The highest BCUT2D eigenvalue weighted by atomic mass is 32.1. The number of urea groups is 1. The summed E-state index contributed by atoms with van der Waals surface area (Å²) in [6.07, 6.45) is 6.27. The van der Waals surface area contributed by atoms with E-state index in [2.05, 4.69) is 28.7 Å². The van der Waals surface area contributed by atoms with Gasteiger partial charge in [0.25, 0.3) is 0 Å². The van der Waals surface area contributed by atoms with Crippen molar-refractivity contribution in [3.8, 4) is 12.3 Å². The average molecular weight is 318 g/mol. The van der Waals surface area contributed by atoms with E-state index in [-0.39, 0.29) is 6.03 Å². The smallest absolute Gasteiger partial charge is 0.300 e. The van der Waals surface area contributed by atoms with E-state index in [1.165, 1.54) is 11.5 Å². The van der Waals surface area contributed by atoms with Crippen LogP contribution in [-0.2, 0) is 6.42 Å². The molecule has 118 valence electrons. The Hall–Kier alpha value is -1.84. The molecule has 0 unspecified atom stereocenters. The summed E-state index contributed by atoms with van der Waals surface area (Å²) in [5.41, 5.74) is 3.19. The van der Waals surface area contributed by atoms with Crippen molar-refractivity contribution in [1.82, 2.24) is 14.2 Å². The van der Waals surface area contributed by atoms with E-state index in [1.807, 2.05) is 13.8 Å². The summed E-state index contributed by atoms with van der Waals surface area (Å²) in [5, 5.41) is 0.912. The highest BCUT2D eigenvalue weighted by Crippen LogP contribution is 2.31. The number of hydrogen-bond acceptors (Lipinski definition) is 4. The van der Waals surface area contributed by atoms with Gasteiger partial charge in [-0.25, -0.2) is 4.79 Å². The van der Waals surface area contributed by atoms with Crippen molar-refractivity contribution >= 4 is 22.6 Å². The highest BCUT2D eigenvalue weighted by molar-refractivity contribution is 7.10. The predicted octanol–water partition coefficient (Wildman–Crippen LogP) is 2.68. The second-order valence-electron chi connectivity index (χ2n) is 5.59. The van der Waals surface area contributed by atoms with E-state index in [9.17, 15) is 4.79 Å². The molecule has 1 fully saturated rings. The van der Waals surface area contributed by atoms with Crippen molar-refractivity contribution in [3.05, 3.63) is 23.4 Å². The molecule has 0 bridgehead atoms. The summed E-state index contributed by atoms with van der Waals surface area (Å²) in [6, 6.07) is -0.0506. The zero-order chi connectivity index (χ0) is 16.3. The Kier molecular flexibility index (Phi) is 5.22. The van der Waals surface area contributed by atoms with Crippen LogP contribution in [-0.4, -0.2) is 46.6 Å². The Bertz CT molecular complexity index is 616. The zero-order valence-corrected chi connectivity index (χ0v) is 14.2. The molecule has 1 aromatic rings. The van der Waals surface area contributed by atoms with Gasteiger partial charge in [-0.2, -0.15) is 4.37 Å². The molecule has 0 radical (unpaired) electrons. The van der Waals surface area contributed by atoms with E-state index in [0.29, 0.717) is 19.9 Å². The van der Waals surface area contributed by atoms with Crippen LogP contribution in [0.15, 0.2) is 12.2 Å². The maximum Gasteiger partial charge on any atom is 0.328 e. The molecule has 1 aliphatic heterocycles. The van der Waals surface area contributed by atoms with Crippen molar-refractivity contribution in [1.29, 1.82) is 0 Å². The van der Waals surface area contributed by atoms with E-state index >= 15 is 0 Å². The van der Waals surface area contributed by atoms with Crippen LogP contribution in [0.2, 0.25) is 0 Å². The normalized spacial score (nSPS) is 16.0. The van der Waals surface area contributed by atoms with Crippen molar-refractivity contribution in [2.24, 2.45) is 0 Å². The first-order valence-corrected chi connectivity index (χ1v) is 8.07. The molecule has 0 N–H and O–H groups in total. The van der Waals surface area contributed by atoms with Crippen LogP contribution in [0.5, 0.6) is 0 Å². The van der Waals surface area contributed by atoms with Gasteiger partial charge in [-0.15, -0.1) is 6.42 Å². The summed E-state index contributed by atoms with van der Waals surface area (Å²) in [6.45, 7) is 12.2. The number of nitrogens with zero attached hydrogens (tertiary/aromatic N) is 4. The molecule has 1 saturated heterocycles. The lowest BCUT2D eigenvalue weighted by Gasteiger charge is -2.41. The maximum absolute atomic E-state index is 12.7. The first kappa shape index (κ1) is 16.5. The Morgan fingerprint density at radius 2 is 2.23 bits per heavy atom. The number of rotatable bonds is 5. The van der Waals surface area contributed by atoms with Gasteiger partial charge in [0.2, 0.25) is 0 Å². The third-order valence-corrected chi connectivity index (χ3v) is 4.58. The van der Waals surface area contributed by atoms with Gasteiger partial charge < -0.3 is 4.90 Å². The fraction of sp³-hybridized carbons (Fsp3) is 0.500. The molecule has 22 heavy (non-hydrogen) atoms. The average Bonchev–Trinajstić information content (AvgIpc) is 2.83. The van der Waals surface area contributed by atoms with Gasteiger partial charge in [-0.05, 0) is 31.8 Å². The maximum atomic E-state index is 12.7. The molecule has 0 saturated carbocycles. The minimum Gasteiger partial charge on any atom is -0.300 e. The molecular weight excluding hydrogens is 296 g/mol. The fourth-order valence-corrected chi connectivity index (χ4v) is 3.53. The molecule has 0 atom stereocenters. The molecule has 1 aromatic heterocycles. The lowest BCUT2D eigenvalue weighted by Crippen LogP contribution is -2.58. The van der Waals surface area contributed by atoms with E-state index < -0.39 is 0 Å². The number of terminal acetylenes is 1. The standard InChI is InChI=1S/C16H22N4OS/c1-6-8-19-10-18(9-12(3)4)11-20(16(19)21)15-13(5)14(7-2)17-22-15/h1H,3,7-11H2,2,4-5H3. The van der Waals surface area contributed by atoms with Crippen molar-refractivity contribution in [3.63, 3.8) is 0 Å². The Morgan fingerprint density at radius 3 is 2.77 bits per heavy atom. The van der Waals surface area contributed by atoms with Crippen LogP contribution in [0, 0.1) is 19.3 Å². The molecule has 0 aliphatic carbocycles. The Morgan fingerprint density at radius 1 is 1.50 bits per heavy atom. The fourth-order valence-electron chi connectivity index (χ4n) is 2.58. The number of aromatic nitrogens is 1. The second kappa shape index (κ2) is 6.95. The van der Waals surface area contributed by atoms with Crippen molar-refractivity contribution in [2.75, 3.05) is 31.3 Å². The van der Waals surface area contributed by atoms with Gasteiger partial charge in [0, 0.05) is 12.1 Å². The van der Waals surface area contributed by atoms with Gasteiger partial charge in [-0.1, -0.05) is 25.0 Å². The quantitative estimate of drug-likeness (QED) is 0.619. The van der Waals surface area contributed by atoms with Crippen LogP contribution in [0.1, 0.15) is 25.1 Å². The number of amides is 2. The van der Waals surface area contributed by atoms with Crippen LogP contribution >= 0.6 is 11.5 Å². The number of hydrogen-bond donors (Lipinski definition) is 0. The molecule has 0 spiro atoms. The summed E-state index contributed by atoms with van der Waals surface area (Å²) in [7, 11) is 0. The molecule has 2 rings (SSSR count). The van der Waals surface area contributed by atoms with Gasteiger partial charge in [0.05, 0.1) is 25.6 Å². The van der Waals surface area contributed by atoms with Crippen molar-refractivity contribution in [2.45, 2.75) is 27.2 Å². The second-order valence-corrected chi connectivity index (χ2v) is 6.35. The first-order valence-electron chi connectivity index (χ1n) is 7.29.